The maximum absolute atomic E-state index is 13.7. The van der Waals surface area contributed by atoms with Crippen LogP contribution < -0.4 is 10.1 Å². The highest BCUT2D eigenvalue weighted by atomic mass is 79.9. The van der Waals surface area contributed by atoms with Crippen LogP contribution in [0.15, 0.2) is 40.9 Å². The first kappa shape index (κ1) is 14.8. The van der Waals surface area contributed by atoms with Crippen LogP contribution in [0.2, 0.25) is 0 Å². The summed E-state index contributed by atoms with van der Waals surface area (Å²) in [6, 6.07) is 9.06. The molecule has 1 N–H and O–H groups in total. The average Bonchev–Trinajstić information content (AvgIpc) is 2.43. The molecular weight excluding hydrogens is 328 g/mol. The second-order valence-corrected chi connectivity index (χ2v) is 5.30. The highest BCUT2D eigenvalue weighted by molar-refractivity contribution is 9.10. The van der Waals surface area contributed by atoms with Gasteiger partial charge in [0.25, 0.3) is 0 Å². The van der Waals surface area contributed by atoms with Crippen LogP contribution in [0.3, 0.4) is 0 Å². The number of halogens is 3. The maximum Gasteiger partial charge on any atom is 0.165 e. The van der Waals surface area contributed by atoms with E-state index in [0.717, 1.165) is 10.0 Å². The van der Waals surface area contributed by atoms with E-state index >= 15 is 0 Å². The molecule has 1 atom stereocenters. The molecule has 0 amide bonds. The Balaban J connectivity index is 2.23. The number of nitrogens with one attached hydrogen (secondary N) is 1. The van der Waals surface area contributed by atoms with Crippen LogP contribution in [-0.4, -0.2) is 7.11 Å². The number of hydrogen-bond donors (Lipinski definition) is 1. The molecule has 0 saturated carbocycles. The molecule has 0 aromatic heterocycles. The fraction of sp³-hybridized carbons (Fsp3) is 0.200. The number of hydrogen-bond acceptors (Lipinski definition) is 2. The van der Waals surface area contributed by atoms with E-state index in [4.69, 9.17) is 4.74 Å². The van der Waals surface area contributed by atoms with E-state index in [9.17, 15) is 8.78 Å². The molecule has 0 radical (unpaired) electrons. The lowest BCUT2D eigenvalue weighted by Crippen LogP contribution is -2.08. The molecule has 2 rings (SSSR count). The quantitative estimate of drug-likeness (QED) is 0.853. The lowest BCUT2D eigenvalue weighted by atomic mass is 10.1. The minimum atomic E-state index is -0.419. The zero-order valence-corrected chi connectivity index (χ0v) is 12.7. The Morgan fingerprint density at radius 2 is 1.80 bits per heavy atom. The Hall–Kier alpha value is -1.62. The summed E-state index contributed by atoms with van der Waals surface area (Å²) in [6.45, 7) is 1.87. The molecule has 0 heterocycles. The summed E-state index contributed by atoms with van der Waals surface area (Å²) in [5.41, 5.74) is 1.19. The van der Waals surface area contributed by atoms with Gasteiger partial charge in [0.2, 0.25) is 0 Å². The van der Waals surface area contributed by atoms with Crippen molar-refractivity contribution in [2.75, 3.05) is 12.4 Å². The third kappa shape index (κ3) is 3.28. The van der Waals surface area contributed by atoms with E-state index in [1.165, 1.54) is 19.2 Å². The number of rotatable bonds is 4. The average molecular weight is 342 g/mol. The molecule has 0 bridgehead atoms. The first-order valence-corrected chi connectivity index (χ1v) is 6.85. The van der Waals surface area contributed by atoms with Crippen molar-refractivity contribution in [3.63, 3.8) is 0 Å². The smallest absolute Gasteiger partial charge is 0.165 e. The standard InChI is InChI=1S/C15H14BrF2NO/c1-9(10-3-5-13(18)15(7-10)20-2)19-14-8-11(16)4-6-12(14)17/h3-9,19H,1-2H3. The molecule has 2 nitrogen and oxygen atoms in total. The molecule has 0 aliphatic carbocycles. The van der Waals surface area contributed by atoms with E-state index in [2.05, 4.69) is 21.2 Å². The van der Waals surface area contributed by atoms with Crippen molar-refractivity contribution >= 4 is 21.6 Å². The van der Waals surface area contributed by atoms with E-state index < -0.39 is 5.82 Å². The van der Waals surface area contributed by atoms with Gasteiger partial charge in [-0.2, -0.15) is 0 Å². The molecule has 0 aliphatic rings. The molecule has 0 fully saturated rings. The number of methoxy groups -OCH3 is 1. The van der Waals surface area contributed by atoms with Crippen LogP contribution in [0, 0.1) is 11.6 Å². The summed E-state index contributed by atoms with van der Waals surface area (Å²) in [7, 11) is 1.41. The minimum absolute atomic E-state index is 0.172. The van der Waals surface area contributed by atoms with Crippen molar-refractivity contribution in [2.24, 2.45) is 0 Å². The van der Waals surface area contributed by atoms with Gasteiger partial charge in [-0.05, 0) is 42.8 Å². The lowest BCUT2D eigenvalue weighted by Gasteiger charge is -2.17. The summed E-state index contributed by atoms with van der Waals surface area (Å²) in [6.07, 6.45) is 0. The van der Waals surface area contributed by atoms with E-state index in [-0.39, 0.29) is 17.6 Å². The van der Waals surface area contributed by atoms with Crippen molar-refractivity contribution in [1.82, 2.24) is 0 Å². The topological polar surface area (TPSA) is 21.3 Å². The van der Waals surface area contributed by atoms with E-state index in [0.29, 0.717) is 5.69 Å². The predicted octanol–water partition coefficient (Wildman–Crippen LogP) is 4.91. The number of ether oxygens (including phenoxy) is 1. The zero-order chi connectivity index (χ0) is 14.7. The largest absolute Gasteiger partial charge is 0.494 e. The number of anilines is 1. The second-order valence-electron chi connectivity index (χ2n) is 4.38. The number of benzene rings is 2. The molecule has 106 valence electrons. The Kier molecular flexibility index (Phi) is 4.60. The third-order valence-electron chi connectivity index (χ3n) is 2.98. The normalized spacial score (nSPS) is 12.1. The Morgan fingerprint density at radius 3 is 2.50 bits per heavy atom. The molecule has 0 spiro atoms. The van der Waals surface area contributed by atoms with Gasteiger partial charge in [0, 0.05) is 10.5 Å². The van der Waals surface area contributed by atoms with Crippen LogP contribution in [0.4, 0.5) is 14.5 Å². The molecule has 2 aromatic carbocycles. The van der Waals surface area contributed by atoms with Gasteiger partial charge >= 0.3 is 0 Å². The summed E-state index contributed by atoms with van der Waals surface area (Å²) in [4.78, 5) is 0. The van der Waals surface area contributed by atoms with Gasteiger partial charge in [-0.25, -0.2) is 8.78 Å². The van der Waals surface area contributed by atoms with Crippen LogP contribution in [0.1, 0.15) is 18.5 Å². The van der Waals surface area contributed by atoms with Gasteiger partial charge < -0.3 is 10.1 Å². The monoisotopic (exact) mass is 341 g/mol. The van der Waals surface area contributed by atoms with Crippen molar-refractivity contribution in [2.45, 2.75) is 13.0 Å². The summed E-state index contributed by atoms with van der Waals surface area (Å²) >= 11 is 3.30. The fourth-order valence-electron chi connectivity index (χ4n) is 1.87. The van der Waals surface area contributed by atoms with E-state index in [1.807, 2.05) is 6.92 Å². The zero-order valence-electron chi connectivity index (χ0n) is 11.1. The minimum Gasteiger partial charge on any atom is -0.494 e. The third-order valence-corrected chi connectivity index (χ3v) is 3.47. The van der Waals surface area contributed by atoms with Gasteiger partial charge in [0.05, 0.1) is 12.8 Å². The SMILES string of the molecule is COc1cc(C(C)Nc2cc(Br)ccc2F)ccc1F. The second kappa shape index (κ2) is 6.22. The highest BCUT2D eigenvalue weighted by Crippen LogP contribution is 2.27. The molecule has 1 unspecified atom stereocenters. The Bertz CT molecular complexity index is 619. The first-order chi connectivity index (χ1) is 9.51. The molecule has 5 heteroatoms. The Morgan fingerprint density at radius 1 is 1.10 bits per heavy atom. The van der Waals surface area contributed by atoms with Gasteiger partial charge in [-0.1, -0.05) is 22.0 Å². The summed E-state index contributed by atoms with van der Waals surface area (Å²) < 4.78 is 32.8. The van der Waals surface area contributed by atoms with Crippen molar-refractivity contribution in [3.05, 3.63) is 58.1 Å². The molecule has 2 aromatic rings. The molecule has 0 saturated heterocycles. The highest BCUT2D eigenvalue weighted by Gasteiger charge is 2.11. The van der Waals surface area contributed by atoms with E-state index in [1.54, 1.807) is 24.3 Å². The van der Waals surface area contributed by atoms with Crippen molar-refractivity contribution in [3.8, 4) is 5.75 Å². The summed E-state index contributed by atoms with van der Waals surface area (Å²) in [5.74, 6) is -0.586. The van der Waals surface area contributed by atoms with Crippen LogP contribution >= 0.6 is 15.9 Å². The van der Waals surface area contributed by atoms with Crippen molar-refractivity contribution in [1.29, 1.82) is 0 Å². The van der Waals surface area contributed by atoms with Crippen LogP contribution in [0.5, 0.6) is 5.75 Å². The van der Waals surface area contributed by atoms with Crippen molar-refractivity contribution < 1.29 is 13.5 Å². The molecular formula is C15H14BrF2NO. The maximum atomic E-state index is 13.7. The van der Waals surface area contributed by atoms with Gasteiger partial charge in [-0.15, -0.1) is 0 Å². The van der Waals surface area contributed by atoms with Crippen LogP contribution in [0.25, 0.3) is 0 Å². The van der Waals surface area contributed by atoms with Gasteiger partial charge in [-0.3, -0.25) is 0 Å². The fourth-order valence-corrected chi connectivity index (χ4v) is 2.23. The summed E-state index contributed by atoms with van der Waals surface area (Å²) in [5, 5.41) is 3.06. The predicted molar refractivity (Wildman–Crippen MR) is 79.1 cm³/mol. The van der Waals surface area contributed by atoms with Gasteiger partial charge in [0.15, 0.2) is 11.6 Å². The molecule has 0 aliphatic heterocycles. The van der Waals surface area contributed by atoms with Gasteiger partial charge in [0.1, 0.15) is 5.82 Å². The lowest BCUT2D eigenvalue weighted by molar-refractivity contribution is 0.385. The first-order valence-electron chi connectivity index (χ1n) is 6.06. The Labute approximate surface area is 124 Å². The van der Waals surface area contributed by atoms with Crippen LogP contribution in [-0.2, 0) is 0 Å². The molecule has 20 heavy (non-hydrogen) atoms.